The van der Waals surface area contributed by atoms with E-state index in [4.69, 9.17) is 5.73 Å². The standard InChI is InChI=1S/C14H24N2O3/c1-3-14(2,8-15)13(19)16-7-9-5-4-6-10(9)11(16)12(17)18/h9-11H,3-8,15H2,1-2H3,(H,17,18). The van der Waals surface area contributed by atoms with E-state index in [1.165, 1.54) is 0 Å². The number of aliphatic carboxylic acids is 1. The minimum atomic E-state index is -0.863. The first kappa shape index (κ1) is 14.3. The number of amides is 1. The van der Waals surface area contributed by atoms with E-state index in [1.807, 2.05) is 13.8 Å². The number of hydrogen-bond donors (Lipinski definition) is 2. The lowest BCUT2D eigenvalue weighted by Gasteiger charge is -2.33. The van der Waals surface area contributed by atoms with Gasteiger partial charge in [-0.2, -0.15) is 0 Å². The fourth-order valence-corrected chi connectivity index (χ4v) is 3.56. The van der Waals surface area contributed by atoms with Crippen LogP contribution in [0.15, 0.2) is 0 Å². The molecule has 1 amide bonds. The highest BCUT2D eigenvalue weighted by atomic mass is 16.4. The average molecular weight is 268 g/mol. The quantitative estimate of drug-likeness (QED) is 0.799. The van der Waals surface area contributed by atoms with E-state index in [2.05, 4.69) is 0 Å². The van der Waals surface area contributed by atoms with Gasteiger partial charge in [0.25, 0.3) is 0 Å². The number of rotatable bonds is 4. The normalized spacial score (nSPS) is 33.0. The highest BCUT2D eigenvalue weighted by molar-refractivity contribution is 5.88. The van der Waals surface area contributed by atoms with Gasteiger partial charge in [0, 0.05) is 13.1 Å². The van der Waals surface area contributed by atoms with E-state index in [1.54, 1.807) is 4.90 Å². The number of nitrogens with two attached hydrogens (primary N) is 1. The van der Waals surface area contributed by atoms with Gasteiger partial charge in [-0.3, -0.25) is 4.79 Å². The van der Waals surface area contributed by atoms with Gasteiger partial charge in [-0.05, 0) is 38.0 Å². The molecule has 5 heteroatoms. The molecule has 1 saturated carbocycles. The maximum atomic E-state index is 12.7. The molecule has 19 heavy (non-hydrogen) atoms. The number of carboxylic acid groups (broad SMARTS) is 1. The number of likely N-dealkylation sites (tertiary alicyclic amines) is 1. The predicted molar refractivity (Wildman–Crippen MR) is 71.4 cm³/mol. The SMILES string of the molecule is CCC(C)(CN)C(=O)N1CC2CCCC2C1C(=O)O. The molecule has 3 N–H and O–H groups in total. The van der Waals surface area contributed by atoms with Crippen molar-refractivity contribution in [1.29, 1.82) is 0 Å². The number of nitrogens with zero attached hydrogens (tertiary/aromatic N) is 1. The smallest absolute Gasteiger partial charge is 0.326 e. The minimum absolute atomic E-state index is 0.0840. The van der Waals surface area contributed by atoms with Gasteiger partial charge in [-0.1, -0.05) is 13.3 Å². The Morgan fingerprint density at radius 2 is 2.11 bits per heavy atom. The zero-order chi connectivity index (χ0) is 14.2. The van der Waals surface area contributed by atoms with Crippen LogP contribution in [-0.4, -0.2) is 41.0 Å². The molecule has 108 valence electrons. The van der Waals surface area contributed by atoms with Crippen molar-refractivity contribution in [3.05, 3.63) is 0 Å². The van der Waals surface area contributed by atoms with Crippen LogP contribution in [0.5, 0.6) is 0 Å². The maximum absolute atomic E-state index is 12.7. The van der Waals surface area contributed by atoms with Gasteiger partial charge in [0.05, 0.1) is 5.41 Å². The third kappa shape index (κ3) is 2.24. The van der Waals surface area contributed by atoms with E-state index in [0.717, 1.165) is 19.3 Å². The van der Waals surface area contributed by atoms with Crippen LogP contribution in [0.25, 0.3) is 0 Å². The molecule has 4 unspecified atom stereocenters. The van der Waals surface area contributed by atoms with Gasteiger partial charge < -0.3 is 15.7 Å². The summed E-state index contributed by atoms with van der Waals surface area (Å²) in [4.78, 5) is 25.8. The van der Waals surface area contributed by atoms with Crippen molar-refractivity contribution in [2.45, 2.75) is 45.6 Å². The Balaban J connectivity index is 2.24. The summed E-state index contributed by atoms with van der Waals surface area (Å²) in [6.07, 6.45) is 3.70. The topological polar surface area (TPSA) is 83.6 Å². The first-order valence-electron chi connectivity index (χ1n) is 7.18. The zero-order valence-corrected chi connectivity index (χ0v) is 11.8. The van der Waals surface area contributed by atoms with E-state index in [-0.39, 0.29) is 18.4 Å². The first-order valence-corrected chi connectivity index (χ1v) is 7.18. The van der Waals surface area contributed by atoms with Crippen LogP contribution >= 0.6 is 0 Å². The van der Waals surface area contributed by atoms with E-state index in [9.17, 15) is 14.7 Å². The maximum Gasteiger partial charge on any atom is 0.326 e. The molecule has 0 bridgehead atoms. The first-order chi connectivity index (χ1) is 8.94. The Morgan fingerprint density at radius 3 is 2.63 bits per heavy atom. The van der Waals surface area contributed by atoms with Crippen molar-refractivity contribution >= 4 is 11.9 Å². The molecule has 2 aliphatic rings. The second-order valence-electron chi connectivity index (χ2n) is 6.21. The number of fused-ring (bicyclic) bond motifs is 1. The van der Waals surface area contributed by atoms with Gasteiger partial charge in [-0.25, -0.2) is 4.79 Å². The van der Waals surface area contributed by atoms with Gasteiger partial charge in [-0.15, -0.1) is 0 Å². The molecule has 0 aromatic heterocycles. The van der Waals surface area contributed by atoms with Crippen molar-refractivity contribution in [1.82, 2.24) is 4.90 Å². The Hall–Kier alpha value is -1.10. The second kappa shape index (κ2) is 5.12. The zero-order valence-electron chi connectivity index (χ0n) is 11.8. The van der Waals surface area contributed by atoms with Crippen LogP contribution in [-0.2, 0) is 9.59 Å². The van der Waals surface area contributed by atoms with Crippen LogP contribution in [0.1, 0.15) is 39.5 Å². The van der Waals surface area contributed by atoms with Crippen molar-refractivity contribution in [3.8, 4) is 0 Å². The van der Waals surface area contributed by atoms with Gasteiger partial charge >= 0.3 is 5.97 Å². The molecule has 4 atom stereocenters. The van der Waals surface area contributed by atoms with Crippen LogP contribution in [0, 0.1) is 17.3 Å². The summed E-state index contributed by atoms with van der Waals surface area (Å²) in [5, 5.41) is 9.47. The Bertz CT molecular complexity index is 379. The number of carbonyl (C=O) groups is 2. The second-order valence-corrected chi connectivity index (χ2v) is 6.21. The Labute approximate surface area is 114 Å². The molecule has 0 aromatic carbocycles. The van der Waals surface area contributed by atoms with Gasteiger partial charge in [0.1, 0.15) is 6.04 Å². The lowest BCUT2D eigenvalue weighted by atomic mass is 9.85. The summed E-state index contributed by atoms with van der Waals surface area (Å²) in [7, 11) is 0. The summed E-state index contributed by atoms with van der Waals surface area (Å²) >= 11 is 0. The Morgan fingerprint density at radius 1 is 1.42 bits per heavy atom. The summed E-state index contributed by atoms with van der Waals surface area (Å²) < 4.78 is 0. The van der Waals surface area contributed by atoms with Gasteiger partial charge in [0.2, 0.25) is 5.91 Å². The van der Waals surface area contributed by atoms with Crippen molar-refractivity contribution < 1.29 is 14.7 Å². The summed E-state index contributed by atoms with van der Waals surface area (Å²) in [6.45, 7) is 4.62. The van der Waals surface area contributed by atoms with Crippen molar-refractivity contribution in [2.24, 2.45) is 23.0 Å². The monoisotopic (exact) mass is 268 g/mol. The number of carboxylic acids is 1. The highest BCUT2D eigenvalue weighted by Crippen LogP contribution is 2.43. The fourth-order valence-electron chi connectivity index (χ4n) is 3.56. The van der Waals surface area contributed by atoms with Crippen molar-refractivity contribution in [2.75, 3.05) is 13.1 Å². The summed E-state index contributed by atoms with van der Waals surface area (Å²) in [6, 6.07) is -0.641. The molecular formula is C14H24N2O3. The molecule has 2 fully saturated rings. The minimum Gasteiger partial charge on any atom is -0.480 e. The predicted octanol–water partition coefficient (Wildman–Crippen LogP) is 1.07. The molecule has 1 heterocycles. The molecular weight excluding hydrogens is 244 g/mol. The molecule has 0 radical (unpaired) electrons. The molecule has 0 aromatic rings. The lowest BCUT2D eigenvalue weighted by Crippen LogP contribution is -2.51. The number of hydrogen-bond acceptors (Lipinski definition) is 3. The lowest BCUT2D eigenvalue weighted by molar-refractivity contribution is -0.153. The molecule has 1 aliphatic heterocycles. The summed E-state index contributed by atoms with van der Waals surface area (Å²) in [5.74, 6) is -0.443. The molecule has 5 nitrogen and oxygen atoms in total. The fraction of sp³-hybridized carbons (Fsp3) is 0.857. The average Bonchev–Trinajstić information content (AvgIpc) is 2.95. The largest absolute Gasteiger partial charge is 0.480 e. The van der Waals surface area contributed by atoms with Crippen LogP contribution in [0.2, 0.25) is 0 Å². The third-order valence-electron chi connectivity index (χ3n) is 5.15. The Kier molecular flexibility index (Phi) is 3.85. The molecule has 2 rings (SSSR count). The van der Waals surface area contributed by atoms with E-state index in [0.29, 0.717) is 18.9 Å². The van der Waals surface area contributed by atoms with Gasteiger partial charge in [0.15, 0.2) is 0 Å². The highest BCUT2D eigenvalue weighted by Gasteiger charge is 2.51. The van der Waals surface area contributed by atoms with Crippen LogP contribution < -0.4 is 5.73 Å². The third-order valence-corrected chi connectivity index (χ3v) is 5.15. The van der Waals surface area contributed by atoms with E-state index >= 15 is 0 Å². The van der Waals surface area contributed by atoms with Crippen LogP contribution in [0.3, 0.4) is 0 Å². The molecule has 1 saturated heterocycles. The molecule has 0 spiro atoms. The van der Waals surface area contributed by atoms with E-state index < -0.39 is 17.4 Å². The number of carbonyl (C=O) groups excluding carboxylic acids is 1. The summed E-state index contributed by atoms with van der Waals surface area (Å²) in [5.41, 5.74) is 5.10. The molecule has 1 aliphatic carbocycles. The van der Waals surface area contributed by atoms with Crippen molar-refractivity contribution in [3.63, 3.8) is 0 Å². The van der Waals surface area contributed by atoms with Crippen LogP contribution in [0.4, 0.5) is 0 Å².